The van der Waals surface area contributed by atoms with Crippen LogP contribution in [0.5, 0.6) is 5.75 Å². The summed E-state index contributed by atoms with van der Waals surface area (Å²) < 4.78 is 5.28. The summed E-state index contributed by atoms with van der Waals surface area (Å²) >= 11 is 6.03. The lowest BCUT2D eigenvalue weighted by Gasteiger charge is -2.41. The maximum Gasteiger partial charge on any atom is 0.255 e. The number of fused-ring (bicyclic) bond motifs is 1. The van der Waals surface area contributed by atoms with E-state index in [0.29, 0.717) is 22.9 Å². The van der Waals surface area contributed by atoms with E-state index in [4.69, 9.17) is 16.3 Å². The molecule has 1 N–H and O–H groups in total. The summed E-state index contributed by atoms with van der Waals surface area (Å²) in [5, 5.41) is 3.56. The van der Waals surface area contributed by atoms with Crippen molar-refractivity contribution >= 4 is 17.5 Å². The van der Waals surface area contributed by atoms with Gasteiger partial charge in [-0.1, -0.05) is 35.9 Å². The molecule has 4 nitrogen and oxygen atoms in total. The minimum Gasteiger partial charge on any atom is -0.496 e. The van der Waals surface area contributed by atoms with Crippen molar-refractivity contribution in [2.45, 2.75) is 32.4 Å². The fraction of sp³-hybridized carbons (Fsp3) is 0.381. The Hall–Kier alpha value is -2.04. The number of benzene rings is 2. The zero-order valence-electron chi connectivity index (χ0n) is 15.5. The zero-order valence-corrected chi connectivity index (χ0v) is 16.3. The summed E-state index contributed by atoms with van der Waals surface area (Å²) in [4.78, 5) is 15.1. The molecule has 26 heavy (non-hydrogen) atoms. The summed E-state index contributed by atoms with van der Waals surface area (Å²) in [6, 6.07) is 13.6. The molecule has 2 aromatic carbocycles. The fourth-order valence-electron chi connectivity index (χ4n) is 3.37. The van der Waals surface area contributed by atoms with Crippen LogP contribution in [0.4, 0.5) is 0 Å². The third kappa shape index (κ3) is 4.02. The Morgan fingerprint density at radius 3 is 2.69 bits per heavy atom. The van der Waals surface area contributed by atoms with Gasteiger partial charge in [0, 0.05) is 30.2 Å². The van der Waals surface area contributed by atoms with Crippen LogP contribution in [0.25, 0.3) is 0 Å². The maximum atomic E-state index is 12.6. The summed E-state index contributed by atoms with van der Waals surface area (Å²) in [5.41, 5.74) is 3.09. The second-order valence-electron chi connectivity index (χ2n) is 7.28. The first-order chi connectivity index (χ1) is 12.4. The van der Waals surface area contributed by atoms with Gasteiger partial charge in [-0.2, -0.15) is 0 Å². The third-order valence-corrected chi connectivity index (χ3v) is 5.31. The molecule has 1 heterocycles. The van der Waals surface area contributed by atoms with Crippen LogP contribution < -0.4 is 10.1 Å². The van der Waals surface area contributed by atoms with Gasteiger partial charge in [0.05, 0.1) is 12.7 Å². The lowest BCUT2D eigenvalue weighted by molar-refractivity contribution is 0.0824. The Morgan fingerprint density at radius 2 is 1.96 bits per heavy atom. The number of halogens is 1. The van der Waals surface area contributed by atoms with Gasteiger partial charge in [-0.25, -0.2) is 0 Å². The highest BCUT2D eigenvalue weighted by Crippen LogP contribution is 2.26. The second-order valence-corrected chi connectivity index (χ2v) is 7.72. The Kier molecular flexibility index (Phi) is 5.54. The predicted molar refractivity (Wildman–Crippen MR) is 105 cm³/mol. The average molecular weight is 373 g/mol. The van der Waals surface area contributed by atoms with E-state index in [2.05, 4.69) is 48.3 Å². The van der Waals surface area contributed by atoms with Crippen LogP contribution in [0, 0.1) is 0 Å². The van der Waals surface area contributed by atoms with Gasteiger partial charge in [-0.15, -0.1) is 0 Å². The van der Waals surface area contributed by atoms with Gasteiger partial charge < -0.3 is 10.1 Å². The highest BCUT2D eigenvalue weighted by Gasteiger charge is 2.30. The van der Waals surface area contributed by atoms with Crippen LogP contribution in [0.15, 0.2) is 42.5 Å². The molecule has 0 unspecified atom stereocenters. The van der Waals surface area contributed by atoms with Gasteiger partial charge in [-0.3, -0.25) is 9.69 Å². The van der Waals surface area contributed by atoms with Crippen LogP contribution in [0.3, 0.4) is 0 Å². The molecule has 0 aliphatic carbocycles. The fourth-order valence-corrected chi connectivity index (χ4v) is 3.55. The number of nitrogens with zero attached hydrogens (tertiary/aromatic N) is 1. The predicted octanol–water partition coefficient (Wildman–Crippen LogP) is 3.92. The van der Waals surface area contributed by atoms with Crippen molar-refractivity contribution in [2.75, 3.05) is 20.2 Å². The van der Waals surface area contributed by atoms with E-state index in [-0.39, 0.29) is 11.4 Å². The number of carbonyl (C=O) groups excluding carboxylic acids is 1. The normalized spacial score (nSPS) is 14.6. The van der Waals surface area contributed by atoms with Gasteiger partial charge in [0.1, 0.15) is 5.75 Å². The lowest BCUT2D eigenvalue weighted by Crippen LogP contribution is -2.53. The maximum absolute atomic E-state index is 12.6. The van der Waals surface area contributed by atoms with Crippen molar-refractivity contribution in [3.05, 3.63) is 64.2 Å². The summed E-state index contributed by atoms with van der Waals surface area (Å²) in [6.07, 6.45) is 1.04. The number of hydrogen-bond donors (Lipinski definition) is 1. The molecule has 2 aromatic rings. The van der Waals surface area contributed by atoms with E-state index in [1.54, 1.807) is 25.3 Å². The molecule has 0 spiro atoms. The smallest absolute Gasteiger partial charge is 0.255 e. The van der Waals surface area contributed by atoms with Crippen LogP contribution >= 0.6 is 11.6 Å². The van der Waals surface area contributed by atoms with Gasteiger partial charge in [0.2, 0.25) is 0 Å². The number of rotatable bonds is 5. The molecule has 1 aliphatic heterocycles. The van der Waals surface area contributed by atoms with Crippen molar-refractivity contribution in [1.29, 1.82) is 0 Å². The average Bonchev–Trinajstić information content (AvgIpc) is 2.65. The topological polar surface area (TPSA) is 41.6 Å². The van der Waals surface area contributed by atoms with Crippen molar-refractivity contribution in [2.24, 2.45) is 0 Å². The highest BCUT2D eigenvalue weighted by atomic mass is 35.5. The first-order valence-corrected chi connectivity index (χ1v) is 9.22. The van der Waals surface area contributed by atoms with Crippen molar-refractivity contribution < 1.29 is 9.53 Å². The van der Waals surface area contributed by atoms with E-state index in [1.165, 1.54) is 11.1 Å². The first kappa shape index (κ1) is 18.7. The molecule has 0 radical (unpaired) electrons. The molecule has 0 atom stereocenters. The van der Waals surface area contributed by atoms with Crippen LogP contribution in [-0.2, 0) is 13.0 Å². The number of hydrogen-bond acceptors (Lipinski definition) is 3. The Balaban J connectivity index is 1.67. The molecule has 0 aromatic heterocycles. The minimum absolute atomic E-state index is 0.158. The molecule has 0 bridgehead atoms. The molecular weight excluding hydrogens is 348 g/mol. The molecular formula is C21H25ClN2O2. The van der Waals surface area contributed by atoms with E-state index in [0.717, 1.165) is 19.5 Å². The van der Waals surface area contributed by atoms with Crippen LogP contribution in [-0.4, -0.2) is 36.5 Å². The van der Waals surface area contributed by atoms with Crippen LogP contribution in [0.1, 0.15) is 35.3 Å². The SMILES string of the molecule is COc1ccc(Cl)cc1C(=O)NCC(C)(C)N1CCc2ccccc2C1. The lowest BCUT2D eigenvalue weighted by atomic mass is 9.94. The molecule has 3 rings (SSSR count). The van der Waals surface area contributed by atoms with Crippen molar-refractivity contribution in [1.82, 2.24) is 10.2 Å². The largest absolute Gasteiger partial charge is 0.496 e. The standard InChI is InChI=1S/C21H25ClN2O2/c1-21(2,24-11-10-15-6-4-5-7-16(15)13-24)14-23-20(25)18-12-17(22)8-9-19(18)26-3/h4-9,12H,10-11,13-14H2,1-3H3,(H,23,25). The molecule has 0 saturated heterocycles. The Labute approximate surface area is 160 Å². The van der Waals surface area contributed by atoms with E-state index in [1.807, 2.05) is 0 Å². The molecule has 1 amide bonds. The highest BCUT2D eigenvalue weighted by molar-refractivity contribution is 6.31. The Bertz CT molecular complexity index is 804. The number of nitrogens with one attached hydrogen (secondary N) is 1. The Morgan fingerprint density at radius 1 is 1.23 bits per heavy atom. The molecule has 138 valence electrons. The quantitative estimate of drug-likeness (QED) is 0.865. The van der Waals surface area contributed by atoms with E-state index < -0.39 is 0 Å². The van der Waals surface area contributed by atoms with Crippen molar-refractivity contribution in [3.63, 3.8) is 0 Å². The molecule has 1 aliphatic rings. The van der Waals surface area contributed by atoms with Gasteiger partial charge in [0.25, 0.3) is 5.91 Å². The van der Waals surface area contributed by atoms with Crippen molar-refractivity contribution in [3.8, 4) is 5.75 Å². The minimum atomic E-state index is -0.171. The van der Waals surface area contributed by atoms with Gasteiger partial charge in [0.15, 0.2) is 0 Å². The summed E-state index contributed by atoms with van der Waals surface area (Å²) in [7, 11) is 1.55. The zero-order chi connectivity index (χ0) is 18.7. The molecule has 0 saturated carbocycles. The van der Waals surface area contributed by atoms with E-state index in [9.17, 15) is 4.79 Å². The molecule has 0 fully saturated rings. The monoisotopic (exact) mass is 372 g/mol. The van der Waals surface area contributed by atoms with Gasteiger partial charge in [-0.05, 0) is 49.6 Å². The third-order valence-electron chi connectivity index (χ3n) is 5.07. The number of carbonyl (C=O) groups is 1. The number of ether oxygens (including phenoxy) is 1. The molecule has 5 heteroatoms. The van der Waals surface area contributed by atoms with E-state index >= 15 is 0 Å². The van der Waals surface area contributed by atoms with Gasteiger partial charge >= 0.3 is 0 Å². The summed E-state index contributed by atoms with van der Waals surface area (Å²) in [6.45, 7) is 6.76. The van der Waals surface area contributed by atoms with Crippen LogP contribution in [0.2, 0.25) is 5.02 Å². The first-order valence-electron chi connectivity index (χ1n) is 8.84. The second kappa shape index (κ2) is 7.68. The summed E-state index contributed by atoms with van der Waals surface area (Å²) in [5.74, 6) is 0.353. The number of methoxy groups -OCH3 is 1. The number of amides is 1.